The molecule has 86 valence electrons. The van der Waals surface area contributed by atoms with Gasteiger partial charge in [-0.25, -0.2) is 4.39 Å². The van der Waals surface area contributed by atoms with Gasteiger partial charge in [-0.3, -0.25) is 0 Å². The standard InChI is InChI=1S/C10H14FNO2.ClH/c1-13-7-3-4-8(9(12)6-11)10(5-7)14-2;/h3-5,9H,6,12H2,1-2H3;1H/t9-;/m1./s1. The monoisotopic (exact) mass is 235 g/mol. The third-order valence-electron chi connectivity index (χ3n) is 2.01. The lowest BCUT2D eigenvalue weighted by Crippen LogP contribution is -2.13. The molecular formula is C10H15ClFNO2. The summed E-state index contributed by atoms with van der Waals surface area (Å²) in [5.41, 5.74) is 6.22. The largest absolute Gasteiger partial charge is 0.497 e. The van der Waals surface area contributed by atoms with Crippen LogP contribution in [0.5, 0.6) is 11.5 Å². The second-order valence-corrected chi connectivity index (χ2v) is 2.87. The van der Waals surface area contributed by atoms with Crippen LogP contribution in [0.2, 0.25) is 0 Å². The van der Waals surface area contributed by atoms with Crippen LogP contribution >= 0.6 is 12.4 Å². The van der Waals surface area contributed by atoms with Gasteiger partial charge >= 0.3 is 0 Å². The molecule has 0 aliphatic rings. The van der Waals surface area contributed by atoms with E-state index in [2.05, 4.69) is 0 Å². The average Bonchev–Trinajstić information content (AvgIpc) is 2.27. The van der Waals surface area contributed by atoms with E-state index in [0.29, 0.717) is 17.1 Å². The maximum atomic E-state index is 12.4. The van der Waals surface area contributed by atoms with E-state index in [1.807, 2.05) is 0 Å². The molecule has 1 aromatic carbocycles. The van der Waals surface area contributed by atoms with Gasteiger partial charge in [0.25, 0.3) is 0 Å². The quantitative estimate of drug-likeness (QED) is 0.869. The van der Waals surface area contributed by atoms with Gasteiger partial charge in [0, 0.05) is 11.6 Å². The molecule has 0 bridgehead atoms. The second-order valence-electron chi connectivity index (χ2n) is 2.87. The Morgan fingerprint density at radius 3 is 2.47 bits per heavy atom. The Bertz CT molecular complexity index is 309. The number of benzene rings is 1. The minimum Gasteiger partial charge on any atom is -0.497 e. The first-order valence-electron chi connectivity index (χ1n) is 4.26. The SMILES string of the molecule is COc1ccc([C@H](N)CF)c(OC)c1.Cl. The number of nitrogens with two attached hydrogens (primary N) is 1. The van der Waals surface area contributed by atoms with Crippen molar-refractivity contribution in [2.24, 2.45) is 5.73 Å². The molecule has 0 saturated heterocycles. The van der Waals surface area contributed by atoms with Gasteiger partial charge in [-0.1, -0.05) is 0 Å². The van der Waals surface area contributed by atoms with Crippen LogP contribution < -0.4 is 15.2 Å². The molecule has 0 aliphatic carbocycles. The van der Waals surface area contributed by atoms with Gasteiger partial charge in [-0.05, 0) is 12.1 Å². The smallest absolute Gasteiger partial charge is 0.127 e. The number of hydrogen-bond donors (Lipinski definition) is 1. The molecule has 0 saturated carbocycles. The molecule has 1 rings (SSSR count). The van der Waals surface area contributed by atoms with E-state index in [1.54, 1.807) is 25.3 Å². The zero-order valence-corrected chi connectivity index (χ0v) is 9.51. The van der Waals surface area contributed by atoms with Crippen molar-refractivity contribution in [1.82, 2.24) is 0 Å². The molecule has 0 spiro atoms. The molecule has 3 nitrogen and oxygen atoms in total. The van der Waals surface area contributed by atoms with E-state index in [-0.39, 0.29) is 12.4 Å². The molecular weight excluding hydrogens is 221 g/mol. The van der Waals surface area contributed by atoms with Crippen molar-refractivity contribution in [3.8, 4) is 11.5 Å². The second kappa shape index (κ2) is 6.48. The van der Waals surface area contributed by atoms with E-state index < -0.39 is 12.7 Å². The maximum Gasteiger partial charge on any atom is 0.127 e. The summed E-state index contributed by atoms with van der Waals surface area (Å²) in [6.07, 6.45) is 0. The Hall–Kier alpha value is -1.00. The van der Waals surface area contributed by atoms with E-state index >= 15 is 0 Å². The summed E-state index contributed by atoms with van der Waals surface area (Å²) in [6, 6.07) is 4.48. The van der Waals surface area contributed by atoms with Crippen molar-refractivity contribution in [3.05, 3.63) is 23.8 Å². The summed E-state index contributed by atoms with van der Waals surface area (Å²) in [4.78, 5) is 0. The Kier molecular flexibility index (Phi) is 6.05. The normalized spacial score (nSPS) is 11.5. The topological polar surface area (TPSA) is 44.5 Å². The maximum absolute atomic E-state index is 12.4. The summed E-state index contributed by atoms with van der Waals surface area (Å²) < 4.78 is 22.5. The first kappa shape index (κ1) is 14.0. The average molecular weight is 236 g/mol. The van der Waals surface area contributed by atoms with Crippen LogP contribution in [0.15, 0.2) is 18.2 Å². The zero-order valence-electron chi connectivity index (χ0n) is 8.70. The molecule has 0 aromatic heterocycles. The third-order valence-corrected chi connectivity index (χ3v) is 2.01. The van der Waals surface area contributed by atoms with Crippen molar-refractivity contribution in [2.45, 2.75) is 6.04 Å². The number of halogens is 2. The fourth-order valence-electron chi connectivity index (χ4n) is 1.21. The molecule has 2 N–H and O–H groups in total. The number of methoxy groups -OCH3 is 2. The number of ether oxygens (including phenoxy) is 2. The van der Waals surface area contributed by atoms with Crippen LogP contribution in [0.4, 0.5) is 4.39 Å². The summed E-state index contributed by atoms with van der Waals surface area (Å²) in [7, 11) is 3.08. The molecule has 0 unspecified atom stereocenters. The zero-order chi connectivity index (χ0) is 10.6. The Morgan fingerprint density at radius 2 is 2.00 bits per heavy atom. The first-order chi connectivity index (χ1) is 6.72. The molecule has 15 heavy (non-hydrogen) atoms. The van der Waals surface area contributed by atoms with E-state index in [9.17, 15) is 4.39 Å². The van der Waals surface area contributed by atoms with Gasteiger partial charge in [0.15, 0.2) is 0 Å². The summed E-state index contributed by atoms with van der Waals surface area (Å²) in [6.45, 7) is -0.608. The van der Waals surface area contributed by atoms with Crippen LogP contribution in [0.3, 0.4) is 0 Å². The van der Waals surface area contributed by atoms with Crippen molar-refractivity contribution < 1.29 is 13.9 Å². The van der Waals surface area contributed by atoms with Gasteiger partial charge < -0.3 is 15.2 Å². The van der Waals surface area contributed by atoms with Crippen molar-refractivity contribution in [3.63, 3.8) is 0 Å². The fourth-order valence-corrected chi connectivity index (χ4v) is 1.21. The van der Waals surface area contributed by atoms with Crippen LogP contribution in [-0.4, -0.2) is 20.9 Å². The Morgan fingerprint density at radius 1 is 1.33 bits per heavy atom. The highest BCUT2D eigenvalue weighted by atomic mass is 35.5. The predicted octanol–water partition coefficient (Wildman–Crippen LogP) is 2.09. The fraction of sp³-hybridized carbons (Fsp3) is 0.400. The van der Waals surface area contributed by atoms with Crippen LogP contribution in [0.1, 0.15) is 11.6 Å². The lowest BCUT2D eigenvalue weighted by atomic mass is 10.1. The highest BCUT2D eigenvalue weighted by Gasteiger charge is 2.12. The van der Waals surface area contributed by atoms with Crippen molar-refractivity contribution in [2.75, 3.05) is 20.9 Å². The minimum atomic E-state index is -0.643. The highest BCUT2D eigenvalue weighted by Crippen LogP contribution is 2.28. The van der Waals surface area contributed by atoms with Gasteiger partial charge in [-0.15, -0.1) is 12.4 Å². The predicted molar refractivity (Wildman–Crippen MR) is 59.7 cm³/mol. The Balaban J connectivity index is 0.00000196. The van der Waals surface area contributed by atoms with Crippen LogP contribution in [0.25, 0.3) is 0 Å². The lowest BCUT2D eigenvalue weighted by molar-refractivity contribution is 0.378. The molecule has 5 heteroatoms. The number of alkyl halides is 1. The van der Waals surface area contributed by atoms with Crippen LogP contribution in [0, 0.1) is 0 Å². The van der Waals surface area contributed by atoms with Gasteiger partial charge in [-0.2, -0.15) is 0 Å². The summed E-state index contributed by atoms with van der Waals surface area (Å²) >= 11 is 0. The van der Waals surface area contributed by atoms with Crippen molar-refractivity contribution >= 4 is 12.4 Å². The minimum absolute atomic E-state index is 0. The Labute approximate surface area is 94.8 Å². The lowest BCUT2D eigenvalue weighted by Gasteiger charge is -2.13. The van der Waals surface area contributed by atoms with E-state index in [0.717, 1.165) is 0 Å². The molecule has 0 fully saturated rings. The molecule has 0 aliphatic heterocycles. The molecule has 0 amide bonds. The van der Waals surface area contributed by atoms with E-state index in [4.69, 9.17) is 15.2 Å². The van der Waals surface area contributed by atoms with Gasteiger partial charge in [0.1, 0.15) is 18.2 Å². The van der Waals surface area contributed by atoms with Gasteiger partial charge in [0.05, 0.1) is 20.3 Å². The van der Waals surface area contributed by atoms with E-state index in [1.165, 1.54) is 7.11 Å². The first-order valence-corrected chi connectivity index (χ1v) is 4.26. The molecule has 1 atom stereocenters. The third kappa shape index (κ3) is 3.25. The number of rotatable bonds is 4. The highest BCUT2D eigenvalue weighted by molar-refractivity contribution is 5.85. The summed E-state index contributed by atoms with van der Waals surface area (Å²) in [5.74, 6) is 1.21. The van der Waals surface area contributed by atoms with Gasteiger partial charge in [0.2, 0.25) is 0 Å². The van der Waals surface area contributed by atoms with Crippen LogP contribution in [-0.2, 0) is 0 Å². The molecule has 0 radical (unpaired) electrons. The number of hydrogen-bond acceptors (Lipinski definition) is 3. The summed E-state index contributed by atoms with van der Waals surface area (Å²) in [5, 5.41) is 0. The van der Waals surface area contributed by atoms with Crippen molar-refractivity contribution in [1.29, 1.82) is 0 Å². The molecule has 0 heterocycles. The molecule has 1 aromatic rings.